The van der Waals surface area contributed by atoms with Crippen molar-refractivity contribution in [2.24, 2.45) is 4.99 Å². The fraction of sp³-hybridized carbons (Fsp3) is 0.0833. The summed E-state index contributed by atoms with van der Waals surface area (Å²) >= 11 is 0. The summed E-state index contributed by atoms with van der Waals surface area (Å²) in [6.45, 7) is 2.44. The molecule has 29 heavy (non-hydrogen) atoms. The van der Waals surface area contributed by atoms with Crippen molar-refractivity contribution in [1.82, 2.24) is 0 Å². The Balaban J connectivity index is 1.59. The number of cyclic esters (lactones) is 1. The molecule has 0 atom stereocenters. The van der Waals surface area contributed by atoms with Crippen LogP contribution in [0.25, 0.3) is 6.08 Å². The first-order valence-corrected chi connectivity index (χ1v) is 9.15. The van der Waals surface area contributed by atoms with Crippen LogP contribution in [-0.2, 0) is 16.1 Å². The van der Waals surface area contributed by atoms with Gasteiger partial charge in [-0.2, -0.15) is 0 Å². The van der Waals surface area contributed by atoms with Gasteiger partial charge in [-0.15, -0.1) is 0 Å². The third-order valence-corrected chi connectivity index (χ3v) is 4.55. The van der Waals surface area contributed by atoms with Gasteiger partial charge in [-0.1, -0.05) is 48.5 Å². The Labute approximate surface area is 167 Å². The van der Waals surface area contributed by atoms with E-state index in [9.17, 15) is 9.18 Å². The Morgan fingerprint density at radius 2 is 1.83 bits per heavy atom. The summed E-state index contributed by atoms with van der Waals surface area (Å²) in [5, 5.41) is 0. The number of hydrogen-bond acceptors (Lipinski definition) is 4. The van der Waals surface area contributed by atoms with E-state index in [4.69, 9.17) is 9.47 Å². The van der Waals surface area contributed by atoms with Crippen LogP contribution in [0, 0.1) is 12.7 Å². The van der Waals surface area contributed by atoms with E-state index in [1.807, 2.05) is 55.5 Å². The smallest absolute Gasteiger partial charge is 0.363 e. The Hall–Kier alpha value is -3.73. The largest absolute Gasteiger partial charge is 0.488 e. The number of hydrogen-bond donors (Lipinski definition) is 0. The van der Waals surface area contributed by atoms with Crippen LogP contribution in [0.15, 0.2) is 83.5 Å². The van der Waals surface area contributed by atoms with Crippen LogP contribution in [0.1, 0.15) is 22.3 Å². The fourth-order valence-corrected chi connectivity index (χ4v) is 2.96. The summed E-state index contributed by atoms with van der Waals surface area (Å²) in [7, 11) is 0. The lowest BCUT2D eigenvalue weighted by atomic mass is 10.1. The van der Waals surface area contributed by atoms with E-state index < -0.39 is 11.8 Å². The van der Waals surface area contributed by atoms with Gasteiger partial charge in [0.25, 0.3) is 0 Å². The van der Waals surface area contributed by atoms with E-state index in [2.05, 4.69) is 4.99 Å². The molecule has 0 fully saturated rings. The summed E-state index contributed by atoms with van der Waals surface area (Å²) in [5.74, 6) is -0.295. The highest BCUT2D eigenvalue weighted by molar-refractivity contribution is 6.12. The zero-order valence-corrected chi connectivity index (χ0v) is 15.8. The number of halogens is 1. The van der Waals surface area contributed by atoms with Crippen molar-refractivity contribution in [3.63, 3.8) is 0 Å². The molecule has 3 aromatic carbocycles. The van der Waals surface area contributed by atoms with Crippen LogP contribution in [0.2, 0.25) is 0 Å². The molecule has 1 aliphatic rings. The topological polar surface area (TPSA) is 47.9 Å². The highest BCUT2D eigenvalue weighted by atomic mass is 19.1. The number of ether oxygens (including phenoxy) is 2. The standard InChI is InChI=1S/C24H18FNO3/c1-16-7-2-3-9-19(16)15-28-22-12-5-4-8-17(22)14-21-24(27)29-23(26-21)18-10-6-11-20(25)13-18/h2-14H,15H2,1H3/b21-14-. The van der Waals surface area contributed by atoms with Gasteiger partial charge in [0.1, 0.15) is 18.2 Å². The normalized spacial score (nSPS) is 14.6. The Bertz CT molecular complexity index is 1130. The van der Waals surface area contributed by atoms with Gasteiger partial charge in [-0.05, 0) is 48.4 Å². The highest BCUT2D eigenvalue weighted by Crippen LogP contribution is 2.26. The molecule has 0 unspecified atom stereocenters. The number of para-hydroxylation sites is 1. The lowest BCUT2D eigenvalue weighted by Gasteiger charge is -2.11. The van der Waals surface area contributed by atoms with E-state index in [0.29, 0.717) is 23.5 Å². The molecule has 3 aromatic rings. The quantitative estimate of drug-likeness (QED) is 0.454. The van der Waals surface area contributed by atoms with Crippen molar-refractivity contribution in [1.29, 1.82) is 0 Å². The van der Waals surface area contributed by atoms with Crippen LogP contribution >= 0.6 is 0 Å². The van der Waals surface area contributed by atoms with Crippen LogP contribution < -0.4 is 4.74 Å². The zero-order valence-electron chi connectivity index (χ0n) is 15.8. The van der Waals surface area contributed by atoms with Gasteiger partial charge in [0.05, 0.1) is 0 Å². The van der Waals surface area contributed by atoms with Crippen LogP contribution in [0.5, 0.6) is 5.75 Å². The minimum absolute atomic E-state index is 0.0825. The van der Waals surface area contributed by atoms with Gasteiger partial charge in [0, 0.05) is 11.1 Å². The maximum Gasteiger partial charge on any atom is 0.363 e. The SMILES string of the molecule is Cc1ccccc1COc1ccccc1/C=C1\N=C(c2cccc(F)c2)OC1=O. The minimum Gasteiger partial charge on any atom is -0.488 e. The molecule has 0 saturated heterocycles. The molecule has 0 saturated carbocycles. The third-order valence-electron chi connectivity index (χ3n) is 4.55. The molecular weight excluding hydrogens is 369 g/mol. The van der Waals surface area contributed by atoms with Gasteiger partial charge in [0.2, 0.25) is 5.90 Å². The van der Waals surface area contributed by atoms with Gasteiger partial charge in [-0.3, -0.25) is 0 Å². The van der Waals surface area contributed by atoms with Gasteiger partial charge in [0.15, 0.2) is 5.70 Å². The predicted molar refractivity (Wildman–Crippen MR) is 109 cm³/mol. The number of nitrogens with zero attached hydrogens (tertiary/aromatic N) is 1. The first kappa shape index (κ1) is 18.6. The maximum absolute atomic E-state index is 13.4. The van der Waals surface area contributed by atoms with Crippen molar-refractivity contribution in [2.75, 3.05) is 0 Å². The molecule has 0 bridgehead atoms. The van der Waals surface area contributed by atoms with Gasteiger partial charge < -0.3 is 9.47 Å². The number of rotatable bonds is 5. The second kappa shape index (κ2) is 8.10. The summed E-state index contributed by atoms with van der Waals surface area (Å²) < 4.78 is 24.6. The number of aliphatic imine (C=N–C) groups is 1. The van der Waals surface area contributed by atoms with E-state index >= 15 is 0 Å². The van der Waals surface area contributed by atoms with Crippen LogP contribution in [0.3, 0.4) is 0 Å². The molecule has 4 rings (SSSR count). The van der Waals surface area contributed by atoms with Gasteiger partial charge >= 0.3 is 5.97 Å². The second-order valence-corrected chi connectivity index (χ2v) is 6.60. The molecule has 144 valence electrons. The average Bonchev–Trinajstić information content (AvgIpc) is 3.09. The molecule has 0 spiro atoms. The molecule has 0 aromatic heterocycles. The van der Waals surface area contributed by atoms with Crippen LogP contribution in [0.4, 0.5) is 4.39 Å². The fourth-order valence-electron chi connectivity index (χ4n) is 2.96. The van der Waals surface area contributed by atoms with E-state index in [1.54, 1.807) is 12.1 Å². The zero-order chi connectivity index (χ0) is 20.2. The monoisotopic (exact) mass is 387 g/mol. The molecule has 0 radical (unpaired) electrons. The Kier molecular flexibility index (Phi) is 5.20. The van der Waals surface area contributed by atoms with Crippen LogP contribution in [-0.4, -0.2) is 11.9 Å². The van der Waals surface area contributed by atoms with Gasteiger partial charge in [-0.25, -0.2) is 14.2 Å². The lowest BCUT2D eigenvalue weighted by Crippen LogP contribution is -2.05. The summed E-state index contributed by atoms with van der Waals surface area (Å²) in [6.07, 6.45) is 1.61. The molecule has 1 heterocycles. The summed E-state index contributed by atoms with van der Waals surface area (Å²) in [5.41, 5.74) is 3.48. The maximum atomic E-state index is 13.4. The molecule has 0 amide bonds. The van der Waals surface area contributed by atoms with Crippen molar-refractivity contribution < 1.29 is 18.7 Å². The molecular formula is C24H18FNO3. The van der Waals surface area contributed by atoms with E-state index in [-0.39, 0.29) is 11.6 Å². The van der Waals surface area contributed by atoms with Crippen molar-refractivity contribution in [3.8, 4) is 5.75 Å². The number of esters is 1. The lowest BCUT2D eigenvalue weighted by molar-refractivity contribution is -0.129. The molecule has 5 heteroatoms. The number of aryl methyl sites for hydroxylation is 1. The number of carbonyl (C=O) groups is 1. The van der Waals surface area contributed by atoms with E-state index in [0.717, 1.165) is 11.1 Å². The Morgan fingerprint density at radius 3 is 2.66 bits per heavy atom. The third kappa shape index (κ3) is 4.24. The van der Waals surface area contributed by atoms with E-state index in [1.165, 1.54) is 18.2 Å². The first-order chi connectivity index (χ1) is 14.1. The summed E-state index contributed by atoms with van der Waals surface area (Å²) in [6, 6.07) is 21.2. The molecule has 0 aliphatic carbocycles. The molecule has 0 N–H and O–H groups in total. The highest BCUT2D eigenvalue weighted by Gasteiger charge is 2.24. The Morgan fingerprint density at radius 1 is 1.03 bits per heavy atom. The van der Waals surface area contributed by atoms with Crippen molar-refractivity contribution in [2.45, 2.75) is 13.5 Å². The van der Waals surface area contributed by atoms with Crippen molar-refractivity contribution >= 4 is 17.9 Å². The predicted octanol–water partition coefficient (Wildman–Crippen LogP) is 5.06. The molecule has 1 aliphatic heterocycles. The second-order valence-electron chi connectivity index (χ2n) is 6.60. The molecule has 4 nitrogen and oxygen atoms in total. The minimum atomic E-state index is -0.585. The summed E-state index contributed by atoms with van der Waals surface area (Å²) in [4.78, 5) is 16.5. The average molecular weight is 387 g/mol. The number of benzene rings is 3. The number of carbonyl (C=O) groups excluding carboxylic acids is 1. The van der Waals surface area contributed by atoms with Crippen molar-refractivity contribution in [3.05, 3.63) is 107 Å². The first-order valence-electron chi connectivity index (χ1n) is 9.15.